The largest absolute Gasteiger partial charge is 0.480 e. The molecule has 132 valence electrons. The van der Waals surface area contributed by atoms with Crippen molar-refractivity contribution in [1.29, 1.82) is 0 Å². The van der Waals surface area contributed by atoms with Gasteiger partial charge in [0, 0.05) is 12.5 Å². The molecule has 0 aliphatic heterocycles. The second-order valence-electron chi connectivity index (χ2n) is 5.60. The lowest BCUT2D eigenvalue weighted by atomic mass is 9.98. The topological polar surface area (TPSA) is 102 Å². The van der Waals surface area contributed by atoms with Crippen molar-refractivity contribution in [2.75, 3.05) is 13.2 Å². The average molecular weight is 363 g/mol. The van der Waals surface area contributed by atoms with Gasteiger partial charge in [-0.1, -0.05) is 48.5 Å². The summed E-state index contributed by atoms with van der Waals surface area (Å²) in [6, 6.07) is 14.8. The quantitative estimate of drug-likeness (QED) is 0.757. The molecule has 0 unspecified atom stereocenters. The van der Waals surface area contributed by atoms with Gasteiger partial charge in [-0.05, 0) is 22.3 Å². The third kappa shape index (κ3) is 3.75. The van der Waals surface area contributed by atoms with Crippen molar-refractivity contribution in [2.45, 2.75) is 12.0 Å². The van der Waals surface area contributed by atoms with Crippen LogP contribution in [0.3, 0.4) is 0 Å². The molecule has 1 aliphatic rings. The first-order chi connectivity index (χ1) is 11.6. The van der Waals surface area contributed by atoms with Crippen LogP contribution in [0.2, 0.25) is 0 Å². The Morgan fingerprint density at radius 2 is 1.60 bits per heavy atom. The van der Waals surface area contributed by atoms with E-state index in [9.17, 15) is 9.59 Å². The van der Waals surface area contributed by atoms with Gasteiger partial charge in [-0.15, -0.1) is 12.4 Å². The van der Waals surface area contributed by atoms with Crippen LogP contribution in [0, 0.1) is 0 Å². The molecule has 0 saturated carbocycles. The van der Waals surface area contributed by atoms with Crippen molar-refractivity contribution in [3.8, 4) is 11.1 Å². The third-order valence-corrected chi connectivity index (χ3v) is 4.17. The first-order valence-corrected chi connectivity index (χ1v) is 7.66. The zero-order valence-corrected chi connectivity index (χ0v) is 14.2. The summed E-state index contributed by atoms with van der Waals surface area (Å²) in [6.45, 7) is -0.0592. The second kappa shape index (κ2) is 8.00. The number of fused-ring (bicyclic) bond motifs is 3. The lowest BCUT2D eigenvalue weighted by Crippen LogP contribution is -2.46. The van der Waals surface area contributed by atoms with Crippen LogP contribution in [0.25, 0.3) is 11.1 Å². The Morgan fingerprint density at radius 3 is 2.08 bits per heavy atom. The Labute approximate surface area is 151 Å². The predicted molar refractivity (Wildman–Crippen MR) is 95.9 cm³/mol. The molecule has 25 heavy (non-hydrogen) atoms. The van der Waals surface area contributed by atoms with Crippen molar-refractivity contribution < 1.29 is 19.4 Å². The van der Waals surface area contributed by atoms with E-state index in [0.717, 1.165) is 22.3 Å². The van der Waals surface area contributed by atoms with E-state index < -0.39 is 18.1 Å². The van der Waals surface area contributed by atoms with Crippen LogP contribution in [0.4, 0.5) is 4.79 Å². The molecule has 0 radical (unpaired) electrons. The molecule has 0 heterocycles. The monoisotopic (exact) mass is 362 g/mol. The third-order valence-electron chi connectivity index (χ3n) is 4.17. The van der Waals surface area contributed by atoms with E-state index in [4.69, 9.17) is 15.6 Å². The van der Waals surface area contributed by atoms with Gasteiger partial charge in [0.15, 0.2) is 0 Å². The summed E-state index contributed by atoms with van der Waals surface area (Å²) in [5, 5.41) is 11.2. The maximum absolute atomic E-state index is 11.8. The minimum Gasteiger partial charge on any atom is -0.480 e. The van der Waals surface area contributed by atoms with Gasteiger partial charge >= 0.3 is 12.1 Å². The number of nitrogens with two attached hydrogens (primary N) is 1. The number of aliphatic carboxylic acids is 1. The van der Waals surface area contributed by atoms with Gasteiger partial charge in [-0.2, -0.15) is 0 Å². The van der Waals surface area contributed by atoms with Gasteiger partial charge in [-0.3, -0.25) is 0 Å². The van der Waals surface area contributed by atoms with E-state index in [1.807, 2.05) is 48.5 Å². The molecule has 0 fully saturated rings. The summed E-state index contributed by atoms with van der Waals surface area (Å²) >= 11 is 0. The maximum Gasteiger partial charge on any atom is 0.407 e. The number of alkyl carbamates (subject to hydrolysis) is 1. The fraction of sp³-hybridized carbons (Fsp3) is 0.222. The number of carboxylic acid groups (broad SMARTS) is 1. The molecule has 1 amide bonds. The van der Waals surface area contributed by atoms with Crippen LogP contribution in [0.15, 0.2) is 48.5 Å². The number of halogens is 1. The summed E-state index contributed by atoms with van der Waals surface area (Å²) in [5.74, 6) is -1.25. The summed E-state index contributed by atoms with van der Waals surface area (Å²) in [5.41, 5.74) is 9.77. The molecule has 0 saturated heterocycles. The molecular weight excluding hydrogens is 344 g/mol. The normalized spacial score (nSPS) is 13.2. The molecule has 1 atom stereocenters. The Morgan fingerprint density at radius 1 is 1.08 bits per heavy atom. The number of amides is 1. The standard InChI is InChI=1S/C18H18N2O4.ClH/c19-9-16(17(21)22)20-18(23)24-10-15-13-7-3-1-5-11(13)12-6-2-4-8-14(12)15;/h1-8,15-16H,9-10,19H2,(H,20,23)(H,21,22);1H/t16-;/m1./s1. The molecule has 0 spiro atoms. The number of ether oxygens (including phenoxy) is 1. The minimum absolute atomic E-state index is 0. The molecule has 4 N–H and O–H groups in total. The Hall–Kier alpha value is -2.57. The number of benzene rings is 2. The summed E-state index contributed by atoms with van der Waals surface area (Å²) in [4.78, 5) is 22.7. The van der Waals surface area contributed by atoms with E-state index in [1.165, 1.54) is 0 Å². The minimum atomic E-state index is -1.19. The molecular formula is C18H19ClN2O4. The first-order valence-electron chi connectivity index (χ1n) is 7.66. The van der Waals surface area contributed by atoms with E-state index in [1.54, 1.807) is 0 Å². The molecule has 0 aromatic heterocycles. The Bertz CT molecular complexity index is 736. The number of carbonyl (C=O) groups is 2. The zero-order chi connectivity index (χ0) is 17.1. The number of carbonyl (C=O) groups excluding carboxylic acids is 1. The molecule has 2 aromatic carbocycles. The molecule has 1 aliphatic carbocycles. The summed E-state index contributed by atoms with van der Waals surface area (Å²) in [6.07, 6.45) is -0.783. The van der Waals surface area contributed by atoms with Crippen LogP contribution < -0.4 is 11.1 Å². The van der Waals surface area contributed by atoms with Crippen molar-refractivity contribution in [1.82, 2.24) is 5.32 Å². The second-order valence-corrected chi connectivity index (χ2v) is 5.60. The highest BCUT2D eigenvalue weighted by Crippen LogP contribution is 2.44. The highest BCUT2D eigenvalue weighted by atomic mass is 35.5. The van der Waals surface area contributed by atoms with Gasteiger partial charge < -0.3 is 20.9 Å². The number of rotatable bonds is 5. The van der Waals surface area contributed by atoms with Crippen LogP contribution in [-0.2, 0) is 9.53 Å². The van der Waals surface area contributed by atoms with Gasteiger partial charge in [-0.25, -0.2) is 9.59 Å². The van der Waals surface area contributed by atoms with Gasteiger partial charge in [0.25, 0.3) is 0 Å². The van der Waals surface area contributed by atoms with Crippen LogP contribution >= 0.6 is 12.4 Å². The summed E-state index contributed by atoms with van der Waals surface area (Å²) < 4.78 is 5.25. The van der Waals surface area contributed by atoms with Crippen molar-refractivity contribution >= 4 is 24.5 Å². The lowest BCUT2D eigenvalue weighted by molar-refractivity contribution is -0.139. The molecule has 3 rings (SSSR count). The van der Waals surface area contributed by atoms with Gasteiger partial charge in [0.05, 0.1) is 0 Å². The Balaban J connectivity index is 0.00000225. The van der Waals surface area contributed by atoms with E-state index in [0.29, 0.717) is 0 Å². The van der Waals surface area contributed by atoms with E-state index in [-0.39, 0.29) is 31.5 Å². The molecule has 2 aromatic rings. The first kappa shape index (κ1) is 18.8. The smallest absolute Gasteiger partial charge is 0.407 e. The number of hydrogen-bond donors (Lipinski definition) is 3. The maximum atomic E-state index is 11.8. The SMILES string of the molecule is Cl.NC[C@@H](NC(=O)OCC1c2ccccc2-c2ccccc21)C(=O)O. The number of nitrogens with one attached hydrogen (secondary N) is 1. The highest BCUT2D eigenvalue weighted by Gasteiger charge is 2.29. The molecule has 6 nitrogen and oxygen atoms in total. The van der Waals surface area contributed by atoms with Crippen molar-refractivity contribution in [3.05, 3.63) is 59.7 Å². The zero-order valence-electron chi connectivity index (χ0n) is 13.3. The van der Waals surface area contributed by atoms with Crippen LogP contribution in [0.5, 0.6) is 0 Å². The van der Waals surface area contributed by atoms with Crippen molar-refractivity contribution in [3.63, 3.8) is 0 Å². The van der Waals surface area contributed by atoms with E-state index in [2.05, 4.69) is 5.32 Å². The van der Waals surface area contributed by atoms with Crippen LogP contribution in [-0.4, -0.2) is 36.4 Å². The number of carboxylic acids is 1. The molecule has 7 heteroatoms. The van der Waals surface area contributed by atoms with Gasteiger partial charge in [0.2, 0.25) is 0 Å². The average Bonchev–Trinajstić information content (AvgIpc) is 2.91. The number of hydrogen-bond acceptors (Lipinski definition) is 4. The van der Waals surface area contributed by atoms with Gasteiger partial charge in [0.1, 0.15) is 12.6 Å². The highest BCUT2D eigenvalue weighted by molar-refractivity contribution is 5.85. The summed E-state index contributed by atoms with van der Waals surface area (Å²) in [7, 11) is 0. The predicted octanol–water partition coefficient (Wildman–Crippen LogP) is 2.36. The van der Waals surface area contributed by atoms with Crippen molar-refractivity contribution in [2.24, 2.45) is 5.73 Å². The Kier molecular flexibility index (Phi) is 6.01. The van der Waals surface area contributed by atoms with E-state index >= 15 is 0 Å². The van der Waals surface area contributed by atoms with Crippen LogP contribution in [0.1, 0.15) is 17.0 Å². The fourth-order valence-corrected chi connectivity index (χ4v) is 3.00. The molecule has 0 bridgehead atoms. The lowest BCUT2D eigenvalue weighted by Gasteiger charge is -2.16. The fourth-order valence-electron chi connectivity index (χ4n) is 3.00.